The topological polar surface area (TPSA) is 32.3 Å². The van der Waals surface area contributed by atoms with Crippen molar-refractivity contribution in [3.63, 3.8) is 0 Å². The summed E-state index contributed by atoms with van der Waals surface area (Å²) in [6.45, 7) is 1.04. The first-order chi connectivity index (χ1) is 7.24. The minimum Gasteiger partial charge on any atom is -0.393 e. The molecule has 0 amide bonds. The van der Waals surface area contributed by atoms with Crippen molar-refractivity contribution in [1.82, 2.24) is 0 Å². The van der Waals surface area contributed by atoms with E-state index in [4.69, 9.17) is 0 Å². The molecule has 1 saturated carbocycles. The van der Waals surface area contributed by atoms with Crippen molar-refractivity contribution in [3.8, 4) is 0 Å². The van der Waals surface area contributed by atoms with Crippen LogP contribution in [0.25, 0.3) is 0 Å². The summed E-state index contributed by atoms with van der Waals surface area (Å²) < 4.78 is 1.17. The third kappa shape index (κ3) is 3.47. The Hall–Kier alpha value is -0.0600. The highest BCUT2D eigenvalue weighted by Gasteiger charge is 2.18. The molecule has 0 aromatic carbocycles. The van der Waals surface area contributed by atoms with Gasteiger partial charge in [0.2, 0.25) is 0 Å². The monoisotopic (exact) mass is 289 g/mol. The lowest BCUT2D eigenvalue weighted by Gasteiger charge is -2.25. The highest BCUT2D eigenvalue weighted by Crippen LogP contribution is 2.28. The van der Waals surface area contributed by atoms with Crippen molar-refractivity contribution in [1.29, 1.82) is 0 Å². The second kappa shape index (κ2) is 5.32. The van der Waals surface area contributed by atoms with E-state index in [1.165, 1.54) is 8.79 Å². The number of hydrogen-bond donors (Lipinski definition) is 2. The molecule has 84 valence electrons. The van der Waals surface area contributed by atoms with Crippen LogP contribution in [0.3, 0.4) is 0 Å². The van der Waals surface area contributed by atoms with Gasteiger partial charge in [-0.25, -0.2) is 0 Å². The van der Waals surface area contributed by atoms with Gasteiger partial charge in [0.25, 0.3) is 0 Å². The van der Waals surface area contributed by atoms with Crippen LogP contribution in [0.1, 0.15) is 25.7 Å². The fourth-order valence-electron chi connectivity index (χ4n) is 2.00. The van der Waals surface area contributed by atoms with Crippen molar-refractivity contribution in [2.45, 2.75) is 31.8 Å². The molecular weight excluding hydrogens is 274 g/mol. The van der Waals surface area contributed by atoms with E-state index in [1.54, 1.807) is 11.3 Å². The van der Waals surface area contributed by atoms with Gasteiger partial charge in [0.15, 0.2) is 0 Å². The maximum atomic E-state index is 9.39. The second-order valence-corrected chi connectivity index (χ2v) is 6.62. The maximum absolute atomic E-state index is 9.39. The van der Waals surface area contributed by atoms with E-state index in [9.17, 15) is 5.11 Å². The van der Waals surface area contributed by atoms with Crippen molar-refractivity contribution in [2.75, 3.05) is 11.9 Å². The molecule has 1 aromatic rings. The van der Waals surface area contributed by atoms with Crippen molar-refractivity contribution < 1.29 is 5.11 Å². The van der Waals surface area contributed by atoms with Gasteiger partial charge >= 0.3 is 0 Å². The molecule has 0 unspecified atom stereocenters. The Morgan fingerprint density at radius 2 is 2.07 bits per heavy atom. The van der Waals surface area contributed by atoms with Crippen molar-refractivity contribution >= 4 is 32.3 Å². The third-order valence-electron chi connectivity index (χ3n) is 2.95. The molecule has 4 heteroatoms. The van der Waals surface area contributed by atoms with Crippen LogP contribution in [0.5, 0.6) is 0 Å². The molecule has 1 aliphatic rings. The van der Waals surface area contributed by atoms with E-state index in [0.29, 0.717) is 0 Å². The van der Waals surface area contributed by atoms with E-state index in [1.807, 2.05) is 0 Å². The second-order valence-electron chi connectivity index (χ2n) is 4.16. The normalized spacial score (nSPS) is 26.5. The fraction of sp³-hybridized carbons (Fsp3) is 0.636. The van der Waals surface area contributed by atoms with Gasteiger partial charge in [-0.2, -0.15) is 0 Å². The summed E-state index contributed by atoms with van der Waals surface area (Å²) >= 11 is 5.18. The first-order valence-electron chi connectivity index (χ1n) is 5.41. The molecule has 1 aliphatic carbocycles. The summed E-state index contributed by atoms with van der Waals surface area (Å²) in [7, 11) is 0. The summed E-state index contributed by atoms with van der Waals surface area (Å²) in [6, 6.07) is 4.17. The molecule has 0 radical (unpaired) electrons. The zero-order chi connectivity index (χ0) is 10.7. The van der Waals surface area contributed by atoms with E-state index >= 15 is 0 Å². The minimum atomic E-state index is -0.0443. The van der Waals surface area contributed by atoms with Crippen LogP contribution in [-0.2, 0) is 0 Å². The van der Waals surface area contributed by atoms with Crippen molar-refractivity contribution in [3.05, 3.63) is 15.9 Å². The van der Waals surface area contributed by atoms with E-state index in [0.717, 1.165) is 38.1 Å². The third-order valence-corrected chi connectivity index (χ3v) is 4.54. The molecule has 1 heterocycles. The van der Waals surface area contributed by atoms with Gasteiger partial charge in [0.05, 0.1) is 14.9 Å². The van der Waals surface area contributed by atoms with Gasteiger partial charge in [-0.1, -0.05) is 0 Å². The Morgan fingerprint density at radius 3 is 2.67 bits per heavy atom. The molecule has 1 aromatic heterocycles. The number of halogens is 1. The number of nitrogens with one attached hydrogen (secondary N) is 1. The maximum Gasteiger partial charge on any atom is 0.0894 e. The molecule has 0 atom stereocenters. The van der Waals surface area contributed by atoms with Crippen LogP contribution in [0.2, 0.25) is 0 Å². The predicted molar refractivity (Wildman–Crippen MR) is 68.5 cm³/mol. The van der Waals surface area contributed by atoms with Gasteiger partial charge < -0.3 is 10.4 Å². The van der Waals surface area contributed by atoms with Gasteiger partial charge in [-0.3, -0.25) is 0 Å². The molecule has 2 rings (SSSR count). The number of aliphatic hydroxyl groups excluding tert-OH is 1. The van der Waals surface area contributed by atoms with E-state index < -0.39 is 0 Å². The lowest BCUT2D eigenvalue weighted by atomic mass is 9.87. The van der Waals surface area contributed by atoms with Crippen LogP contribution in [-0.4, -0.2) is 17.8 Å². The van der Waals surface area contributed by atoms with E-state index in [-0.39, 0.29) is 6.10 Å². The van der Waals surface area contributed by atoms with Crippen LogP contribution in [0, 0.1) is 5.92 Å². The number of hydrogen-bond acceptors (Lipinski definition) is 3. The summed E-state index contributed by atoms with van der Waals surface area (Å²) in [6.07, 6.45) is 4.21. The highest BCUT2D eigenvalue weighted by atomic mass is 79.9. The first kappa shape index (κ1) is 11.4. The largest absolute Gasteiger partial charge is 0.393 e. The smallest absolute Gasteiger partial charge is 0.0894 e. The summed E-state index contributed by atoms with van der Waals surface area (Å²) in [4.78, 5) is 0. The summed E-state index contributed by atoms with van der Waals surface area (Å²) in [5, 5.41) is 14.1. The number of anilines is 1. The van der Waals surface area contributed by atoms with Gasteiger partial charge in [0.1, 0.15) is 0 Å². The van der Waals surface area contributed by atoms with Crippen molar-refractivity contribution in [2.24, 2.45) is 5.92 Å². The molecule has 2 N–H and O–H groups in total. The van der Waals surface area contributed by atoms with Gasteiger partial charge in [-0.15, -0.1) is 11.3 Å². The Bertz CT molecular complexity index is 307. The summed E-state index contributed by atoms with van der Waals surface area (Å²) in [5.74, 6) is 0.731. The van der Waals surface area contributed by atoms with Crippen LogP contribution in [0.4, 0.5) is 5.00 Å². The number of thiophene rings is 1. The average Bonchev–Trinajstić information content (AvgIpc) is 2.64. The quantitative estimate of drug-likeness (QED) is 0.893. The minimum absolute atomic E-state index is 0.0443. The Balaban J connectivity index is 1.74. The molecule has 0 aliphatic heterocycles. The van der Waals surface area contributed by atoms with E-state index in [2.05, 4.69) is 33.4 Å². The Labute approximate surface area is 103 Å². The van der Waals surface area contributed by atoms with Gasteiger partial charge in [0, 0.05) is 6.54 Å². The van der Waals surface area contributed by atoms with Crippen LogP contribution >= 0.6 is 27.3 Å². The molecular formula is C11H16BrNOS. The molecule has 0 spiro atoms. The highest BCUT2D eigenvalue weighted by molar-refractivity contribution is 9.11. The first-order valence-corrected chi connectivity index (χ1v) is 7.02. The molecule has 15 heavy (non-hydrogen) atoms. The Kier molecular flexibility index (Phi) is 4.05. The average molecular weight is 290 g/mol. The molecule has 2 nitrogen and oxygen atoms in total. The van der Waals surface area contributed by atoms with Gasteiger partial charge in [-0.05, 0) is 59.7 Å². The lowest BCUT2D eigenvalue weighted by Crippen LogP contribution is -2.23. The SMILES string of the molecule is OC1CCC(CNc2ccc(Br)s2)CC1. The zero-order valence-corrected chi connectivity index (χ0v) is 11.0. The van der Waals surface area contributed by atoms with Crippen LogP contribution in [0.15, 0.2) is 15.9 Å². The number of rotatable bonds is 3. The fourth-order valence-corrected chi connectivity index (χ4v) is 3.30. The van der Waals surface area contributed by atoms with Crippen LogP contribution < -0.4 is 5.32 Å². The molecule has 0 saturated heterocycles. The number of aliphatic hydroxyl groups is 1. The standard InChI is InChI=1S/C11H16BrNOS/c12-10-5-6-11(15-10)13-7-8-1-3-9(14)4-2-8/h5-6,8-9,13-14H,1-4,7H2. The zero-order valence-electron chi connectivity index (χ0n) is 8.58. The summed E-state index contributed by atoms with van der Waals surface area (Å²) in [5.41, 5.74) is 0. The Morgan fingerprint density at radius 1 is 1.33 bits per heavy atom. The predicted octanol–water partition coefficient (Wildman–Crippen LogP) is 3.47. The molecule has 0 bridgehead atoms. The lowest BCUT2D eigenvalue weighted by molar-refractivity contribution is 0.111. The molecule has 1 fully saturated rings.